The number of anilines is 1. The monoisotopic (exact) mass is 407 g/mol. The summed E-state index contributed by atoms with van der Waals surface area (Å²) < 4.78 is 23.5. The maximum absolute atomic E-state index is 6.08. The van der Waals surface area contributed by atoms with E-state index < -0.39 is 0 Å². The molecule has 0 atom stereocenters. The molecule has 2 heterocycles. The molecular weight excluding hydrogens is 386 g/mol. The van der Waals surface area contributed by atoms with Crippen LogP contribution >= 0.6 is 0 Å². The van der Waals surface area contributed by atoms with Gasteiger partial charge in [-0.2, -0.15) is 0 Å². The van der Waals surface area contributed by atoms with E-state index in [0.29, 0.717) is 45.8 Å². The first-order chi connectivity index (χ1) is 14.6. The molecule has 4 aromatic rings. The summed E-state index contributed by atoms with van der Waals surface area (Å²) in [6.07, 6.45) is 1.41. The normalized spacial score (nSPS) is 10.8. The van der Waals surface area contributed by atoms with Crippen molar-refractivity contribution in [3.8, 4) is 40.1 Å². The Morgan fingerprint density at radius 1 is 0.767 bits per heavy atom. The molecule has 9 nitrogen and oxygen atoms in total. The summed E-state index contributed by atoms with van der Waals surface area (Å²) in [4.78, 5) is 13.2. The van der Waals surface area contributed by atoms with Crippen LogP contribution in [-0.4, -0.2) is 48.0 Å². The Hall–Kier alpha value is -4.01. The third kappa shape index (κ3) is 3.10. The standard InChI is InChI=1S/C21H21N5O4/c1-27-14-7-5-12(9-16(14)29-3)20-25-18-19(22)23-11-24-21(18)26(20)13-6-8-15(28-2)17(10-13)30-4/h5-11H,1-4H3,(H2,22,23,24). The number of imidazole rings is 1. The molecule has 0 saturated heterocycles. The average Bonchev–Trinajstić information content (AvgIpc) is 3.19. The van der Waals surface area contributed by atoms with Gasteiger partial charge in [0.1, 0.15) is 12.2 Å². The Labute approximate surface area is 173 Å². The number of aromatic nitrogens is 4. The van der Waals surface area contributed by atoms with E-state index in [-0.39, 0.29) is 0 Å². The fourth-order valence-electron chi connectivity index (χ4n) is 3.29. The Bertz CT molecular complexity index is 1220. The van der Waals surface area contributed by atoms with Crippen LogP contribution in [0.2, 0.25) is 0 Å². The minimum Gasteiger partial charge on any atom is -0.493 e. The fraction of sp³-hybridized carbons (Fsp3) is 0.190. The van der Waals surface area contributed by atoms with Crippen LogP contribution in [0.1, 0.15) is 0 Å². The molecule has 4 rings (SSSR count). The molecule has 0 amide bonds. The summed E-state index contributed by atoms with van der Waals surface area (Å²) in [6, 6.07) is 11.1. The second-order valence-electron chi connectivity index (χ2n) is 6.31. The van der Waals surface area contributed by atoms with Crippen molar-refractivity contribution in [1.82, 2.24) is 19.5 Å². The average molecular weight is 407 g/mol. The number of nitrogen functional groups attached to an aromatic ring is 1. The van der Waals surface area contributed by atoms with E-state index in [1.807, 2.05) is 41.0 Å². The van der Waals surface area contributed by atoms with Crippen LogP contribution in [-0.2, 0) is 0 Å². The first-order valence-electron chi connectivity index (χ1n) is 9.05. The molecule has 9 heteroatoms. The lowest BCUT2D eigenvalue weighted by Crippen LogP contribution is -2.01. The van der Waals surface area contributed by atoms with Crippen molar-refractivity contribution in [2.45, 2.75) is 0 Å². The Kier molecular flexibility index (Phi) is 5.01. The molecule has 0 spiro atoms. The summed E-state index contributed by atoms with van der Waals surface area (Å²) >= 11 is 0. The van der Waals surface area contributed by atoms with E-state index >= 15 is 0 Å². The third-order valence-electron chi connectivity index (χ3n) is 4.74. The smallest absolute Gasteiger partial charge is 0.170 e. The lowest BCUT2D eigenvalue weighted by Gasteiger charge is -2.14. The van der Waals surface area contributed by atoms with Gasteiger partial charge in [-0.05, 0) is 30.3 Å². The molecule has 0 aliphatic carbocycles. The number of methoxy groups -OCH3 is 4. The molecule has 0 bridgehead atoms. The Morgan fingerprint density at radius 2 is 1.40 bits per heavy atom. The second-order valence-corrected chi connectivity index (χ2v) is 6.31. The topological polar surface area (TPSA) is 107 Å². The highest BCUT2D eigenvalue weighted by atomic mass is 16.5. The number of hydrogen-bond acceptors (Lipinski definition) is 8. The van der Waals surface area contributed by atoms with Gasteiger partial charge in [-0.25, -0.2) is 15.0 Å². The van der Waals surface area contributed by atoms with Gasteiger partial charge in [0.25, 0.3) is 0 Å². The molecule has 0 aliphatic rings. The molecule has 2 N–H and O–H groups in total. The van der Waals surface area contributed by atoms with E-state index in [0.717, 1.165) is 11.3 Å². The van der Waals surface area contributed by atoms with Gasteiger partial charge in [-0.15, -0.1) is 0 Å². The molecule has 0 saturated carbocycles. The van der Waals surface area contributed by atoms with E-state index in [1.165, 1.54) is 6.33 Å². The fourth-order valence-corrected chi connectivity index (χ4v) is 3.29. The third-order valence-corrected chi connectivity index (χ3v) is 4.74. The number of rotatable bonds is 6. The van der Waals surface area contributed by atoms with Gasteiger partial charge < -0.3 is 24.7 Å². The first-order valence-corrected chi connectivity index (χ1v) is 9.05. The second kappa shape index (κ2) is 7.78. The van der Waals surface area contributed by atoms with Gasteiger partial charge in [0.15, 0.2) is 40.0 Å². The molecule has 154 valence electrons. The van der Waals surface area contributed by atoms with Crippen molar-refractivity contribution in [3.63, 3.8) is 0 Å². The highest BCUT2D eigenvalue weighted by Gasteiger charge is 2.20. The van der Waals surface area contributed by atoms with Gasteiger partial charge in [-0.1, -0.05) is 0 Å². The SMILES string of the molecule is COc1ccc(-c2nc3c(N)ncnc3n2-c2ccc(OC)c(OC)c2)cc1OC. The summed E-state index contributed by atoms with van der Waals surface area (Å²) in [6.45, 7) is 0. The van der Waals surface area contributed by atoms with Gasteiger partial charge in [0, 0.05) is 11.6 Å². The van der Waals surface area contributed by atoms with Crippen LogP contribution in [0.5, 0.6) is 23.0 Å². The van der Waals surface area contributed by atoms with Crippen LogP contribution in [0, 0.1) is 0 Å². The molecular formula is C21H21N5O4. The van der Waals surface area contributed by atoms with Crippen molar-refractivity contribution in [3.05, 3.63) is 42.7 Å². The quantitative estimate of drug-likeness (QED) is 0.520. The van der Waals surface area contributed by atoms with Crippen LogP contribution in [0.15, 0.2) is 42.7 Å². The molecule has 2 aromatic heterocycles. The molecule has 0 unspecified atom stereocenters. The largest absolute Gasteiger partial charge is 0.493 e. The van der Waals surface area contributed by atoms with Crippen molar-refractivity contribution in [1.29, 1.82) is 0 Å². The number of nitrogens with two attached hydrogens (primary N) is 1. The van der Waals surface area contributed by atoms with Crippen molar-refractivity contribution in [2.24, 2.45) is 0 Å². The van der Waals surface area contributed by atoms with Crippen molar-refractivity contribution < 1.29 is 18.9 Å². The Balaban J connectivity index is 2.01. The highest BCUT2D eigenvalue weighted by Crippen LogP contribution is 2.37. The predicted octanol–water partition coefficient (Wildman–Crippen LogP) is 3.10. The zero-order chi connectivity index (χ0) is 21.3. The zero-order valence-electron chi connectivity index (χ0n) is 17.0. The predicted molar refractivity (Wildman–Crippen MR) is 113 cm³/mol. The number of ether oxygens (including phenoxy) is 4. The van der Waals surface area contributed by atoms with Crippen LogP contribution in [0.4, 0.5) is 5.82 Å². The summed E-state index contributed by atoms with van der Waals surface area (Å²) in [5, 5.41) is 0. The zero-order valence-corrected chi connectivity index (χ0v) is 17.0. The Morgan fingerprint density at radius 3 is 2.07 bits per heavy atom. The van der Waals surface area contributed by atoms with E-state index in [4.69, 9.17) is 29.7 Å². The van der Waals surface area contributed by atoms with Crippen molar-refractivity contribution >= 4 is 17.0 Å². The number of benzene rings is 2. The molecule has 0 radical (unpaired) electrons. The van der Waals surface area contributed by atoms with Gasteiger partial charge in [-0.3, -0.25) is 4.57 Å². The number of hydrogen-bond donors (Lipinski definition) is 1. The van der Waals surface area contributed by atoms with Gasteiger partial charge >= 0.3 is 0 Å². The van der Waals surface area contributed by atoms with E-state index in [1.54, 1.807) is 28.4 Å². The first kappa shape index (κ1) is 19.3. The summed E-state index contributed by atoms with van der Waals surface area (Å²) in [5.41, 5.74) is 8.72. The number of fused-ring (bicyclic) bond motifs is 1. The molecule has 30 heavy (non-hydrogen) atoms. The van der Waals surface area contributed by atoms with Crippen LogP contribution in [0.25, 0.3) is 28.2 Å². The summed E-state index contributed by atoms with van der Waals surface area (Å²) in [5.74, 6) is 3.31. The highest BCUT2D eigenvalue weighted by molar-refractivity contribution is 5.87. The number of nitrogens with zero attached hydrogens (tertiary/aromatic N) is 4. The molecule has 2 aromatic carbocycles. The lowest BCUT2D eigenvalue weighted by atomic mass is 10.1. The van der Waals surface area contributed by atoms with E-state index in [9.17, 15) is 0 Å². The van der Waals surface area contributed by atoms with Gasteiger partial charge in [0.2, 0.25) is 0 Å². The van der Waals surface area contributed by atoms with E-state index in [2.05, 4.69) is 9.97 Å². The maximum Gasteiger partial charge on any atom is 0.170 e. The van der Waals surface area contributed by atoms with Crippen LogP contribution in [0.3, 0.4) is 0 Å². The van der Waals surface area contributed by atoms with Gasteiger partial charge in [0.05, 0.1) is 34.1 Å². The lowest BCUT2D eigenvalue weighted by molar-refractivity contribution is 0.355. The van der Waals surface area contributed by atoms with Crippen molar-refractivity contribution in [2.75, 3.05) is 34.2 Å². The summed E-state index contributed by atoms with van der Waals surface area (Å²) in [7, 11) is 6.35. The maximum atomic E-state index is 6.08. The minimum atomic E-state index is 0.293. The minimum absolute atomic E-state index is 0.293. The molecule has 0 aliphatic heterocycles. The van der Waals surface area contributed by atoms with Crippen LogP contribution < -0.4 is 24.7 Å². The molecule has 0 fully saturated rings.